The molecule has 2 atom stereocenters. The third kappa shape index (κ3) is 4.09. The number of piperidine rings is 1. The summed E-state index contributed by atoms with van der Waals surface area (Å²) in [5, 5.41) is 2.85. The lowest BCUT2D eigenvalue weighted by molar-refractivity contribution is -0.137. The van der Waals surface area contributed by atoms with Crippen LogP contribution in [0.5, 0.6) is 0 Å². The average molecular weight is 406 g/mol. The Bertz CT molecular complexity index is 912. The highest BCUT2D eigenvalue weighted by molar-refractivity contribution is 5.82. The van der Waals surface area contributed by atoms with Gasteiger partial charge in [0.2, 0.25) is 5.91 Å². The van der Waals surface area contributed by atoms with Gasteiger partial charge in [0, 0.05) is 24.8 Å². The molecular weight excluding hydrogens is 384 g/mol. The summed E-state index contributed by atoms with van der Waals surface area (Å²) in [6.07, 6.45) is -1.36. The summed E-state index contributed by atoms with van der Waals surface area (Å²) in [6.45, 7) is 0.923. The van der Waals surface area contributed by atoms with Crippen molar-refractivity contribution < 1.29 is 22.4 Å². The van der Waals surface area contributed by atoms with Crippen molar-refractivity contribution in [3.8, 4) is 0 Å². The van der Waals surface area contributed by atoms with Crippen molar-refractivity contribution in [3.05, 3.63) is 65.0 Å². The number of hydrogen-bond acceptors (Lipinski definition) is 2. The highest BCUT2D eigenvalue weighted by atomic mass is 19.4. The maximum Gasteiger partial charge on any atom is 0.416 e. The molecule has 0 unspecified atom stereocenters. The molecule has 2 aromatic carbocycles. The monoisotopic (exact) mass is 406 g/mol. The van der Waals surface area contributed by atoms with Crippen molar-refractivity contribution in [1.29, 1.82) is 0 Å². The predicted molar refractivity (Wildman–Crippen MR) is 102 cm³/mol. The van der Waals surface area contributed by atoms with E-state index in [-0.39, 0.29) is 30.7 Å². The van der Waals surface area contributed by atoms with E-state index in [1.54, 1.807) is 12.1 Å². The average Bonchev–Trinajstić information content (AvgIpc) is 2.70. The molecular formula is C22H22F4N2O. The third-order valence-corrected chi connectivity index (χ3v) is 5.86. The van der Waals surface area contributed by atoms with Crippen molar-refractivity contribution >= 4 is 11.6 Å². The standard InChI is InChI=1S/C22H22F4N2O/c23-17-5-3-4-14(10-17)13-27-21(29)18-12-15-11-16(22(24,25)26)7-8-19(15)28-9-2-1-6-20(18)28/h3-5,7-8,10-11,18,20H,1-2,6,9,12-13H2,(H,27,29)/t18-,20+/m1/s1. The number of anilines is 1. The molecule has 1 saturated heterocycles. The van der Waals surface area contributed by atoms with E-state index in [1.807, 2.05) is 0 Å². The maximum absolute atomic E-state index is 13.4. The smallest absolute Gasteiger partial charge is 0.368 e. The molecule has 0 bridgehead atoms. The Morgan fingerprint density at radius 3 is 2.72 bits per heavy atom. The number of nitrogens with one attached hydrogen (secondary N) is 1. The molecule has 0 spiro atoms. The van der Waals surface area contributed by atoms with Crippen LogP contribution in [0.25, 0.3) is 0 Å². The lowest BCUT2D eigenvalue weighted by Gasteiger charge is -2.46. The molecule has 0 radical (unpaired) electrons. The molecule has 2 aliphatic heterocycles. The predicted octanol–water partition coefficient (Wildman–Crippen LogP) is 4.69. The maximum atomic E-state index is 13.4. The minimum Gasteiger partial charge on any atom is -0.368 e. The second-order valence-corrected chi connectivity index (χ2v) is 7.76. The van der Waals surface area contributed by atoms with Gasteiger partial charge in [-0.2, -0.15) is 13.2 Å². The summed E-state index contributed by atoms with van der Waals surface area (Å²) >= 11 is 0. The topological polar surface area (TPSA) is 32.3 Å². The van der Waals surface area contributed by atoms with Crippen LogP contribution in [0.3, 0.4) is 0 Å². The van der Waals surface area contributed by atoms with Gasteiger partial charge in [-0.25, -0.2) is 4.39 Å². The Labute approximate surface area is 166 Å². The summed E-state index contributed by atoms with van der Waals surface area (Å²) in [6, 6.07) is 9.80. The lowest BCUT2D eigenvalue weighted by atomic mass is 9.80. The third-order valence-electron chi connectivity index (χ3n) is 5.86. The van der Waals surface area contributed by atoms with E-state index >= 15 is 0 Å². The second-order valence-electron chi connectivity index (χ2n) is 7.76. The number of carbonyl (C=O) groups excluding carboxylic acids is 1. The first-order valence-corrected chi connectivity index (χ1v) is 9.82. The minimum absolute atomic E-state index is 0.0273. The van der Waals surface area contributed by atoms with Gasteiger partial charge in [-0.3, -0.25) is 4.79 Å². The first-order chi connectivity index (χ1) is 13.8. The number of hydrogen-bond donors (Lipinski definition) is 1. The number of amides is 1. The number of nitrogens with zero attached hydrogens (tertiary/aromatic N) is 1. The van der Waals surface area contributed by atoms with Crippen LogP contribution in [-0.2, 0) is 23.9 Å². The molecule has 4 rings (SSSR count). The van der Waals surface area contributed by atoms with Crippen LogP contribution in [-0.4, -0.2) is 18.5 Å². The molecule has 1 N–H and O–H groups in total. The second kappa shape index (κ2) is 7.69. The van der Waals surface area contributed by atoms with Crippen molar-refractivity contribution in [2.75, 3.05) is 11.4 Å². The van der Waals surface area contributed by atoms with Gasteiger partial charge in [0.15, 0.2) is 0 Å². The van der Waals surface area contributed by atoms with Crippen molar-refractivity contribution in [2.24, 2.45) is 5.92 Å². The fraction of sp³-hybridized carbons (Fsp3) is 0.409. The van der Waals surface area contributed by atoms with Crippen LogP contribution < -0.4 is 10.2 Å². The van der Waals surface area contributed by atoms with Crippen molar-refractivity contribution in [2.45, 2.75) is 44.4 Å². The molecule has 154 valence electrons. The Kier molecular flexibility index (Phi) is 5.23. The van der Waals surface area contributed by atoms with Crippen LogP contribution in [0.15, 0.2) is 42.5 Å². The summed E-state index contributed by atoms with van der Waals surface area (Å²) in [4.78, 5) is 15.0. The highest BCUT2D eigenvalue weighted by Gasteiger charge is 2.40. The van der Waals surface area contributed by atoms with E-state index < -0.39 is 17.7 Å². The van der Waals surface area contributed by atoms with Gasteiger partial charge >= 0.3 is 6.18 Å². The fourth-order valence-corrected chi connectivity index (χ4v) is 4.49. The highest BCUT2D eigenvalue weighted by Crippen LogP contribution is 2.41. The van der Waals surface area contributed by atoms with Crippen LogP contribution in [0.4, 0.5) is 23.2 Å². The van der Waals surface area contributed by atoms with Gasteiger partial charge in [-0.05, 0) is 67.1 Å². The molecule has 29 heavy (non-hydrogen) atoms. The zero-order chi connectivity index (χ0) is 20.6. The van der Waals surface area contributed by atoms with E-state index in [0.29, 0.717) is 11.1 Å². The van der Waals surface area contributed by atoms with Gasteiger partial charge in [-0.15, -0.1) is 0 Å². The molecule has 2 aliphatic rings. The number of halogens is 4. The summed E-state index contributed by atoms with van der Waals surface area (Å²) < 4.78 is 52.8. The Balaban J connectivity index is 1.57. The number of rotatable bonds is 3. The van der Waals surface area contributed by atoms with Crippen molar-refractivity contribution in [3.63, 3.8) is 0 Å². The van der Waals surface area contributed by atoms with Crippen molar-refractivity contribution in [1.82, 2.24) is 5.32 Å². The van der Waals surface area contributed by atoms with Gasteiger partial charge in [-0.1, -0.05) is 12.1 Å². The van der Waals surface area contributed by atoms with Gasteiger partial charge in [0.25, 0.3) is 0 Å². The number of alkyl halides is 3. The molecule has 7 heteroatoms. The minimum atomic E-state index is -4.41. The normalized spacial score (nSPS) is 21.3. The van der Waals surface area contributed by atoms with Crippen LogP contribution >= 0.6 is 0 Å². The van der Waals surface area contributed by atoms with E-state index in [0.717, 1.165) is 37.6 Å². The van der Waals surface area contributed by atoms with E-state index in [2.05, 4.69) is 10.2 Å². The lowest BCUT2D eigenvalue weighted by Crippen LogP contribution is -2.53. The zero-order valence-corrected chi connectivity index (χ0v) is 15.8. The first-order valence-electron chi connectivity index (χ1n) is 9.82. The largest absolute Gasteiger partial charge is 0.416 e. The Morgan fingerprint density at radius 1 is 1.14 bits per heavy atom. The first kappa shape index (κ1) is 19.7. The number of carbonyl (C=O) groups is 1. The molecule has 0 aromatic heterocycles. The van der Waals surface area contributed by atoms with Crippen LogP contribution in [0.2, 0.25) is 0 Å². The van der Waals surface area contributed by atoms with E-state index in [9.17, 15) is 22.4 Å². The number of fused-ring (bicyclic) bond motifs is 3. The molecule has 1 fully saturated rings. The van der Waals surface area contributed by atoms with Gasteiger partial charge < -0.3 is 10.2 Å². The Hall–Kier alpha value is -2.57. The van der Waals surface area contributed by atoms with E-state index in [1.165, 1.54) is 24.3 Å². The van der Waals surface area contributed by atoms with Gasteiger partial charge in [0.05, 0.1) is 11.5 Å². The van der Waals surface area contributed by atoms with Crippen LogP contribution in [0.1, 0.15) is 36.0 Å². The van der Waals surface area contributed by atoms with E-state index in [4.69, 9.17) is 0 Å². The van der Waals surface area contributed by atoms with Crippen LogP contribution in [0, 0.1) is 11.7 Å². The molecule has 2 aromatic rings. The number of benzene rings is 2. The molecule has 0 saturated carbocycles. The Morgan fingerprint density at radius 2 is 1.97 bits per heavy atom. The summed E-state index contributed by atoms with van der Waals surface area (Å²) in [5.74, 6) is -1.00. The molecule has 2 heterocycles. The SMILES string of the molecule is O=C(NCc1cccc(F)c1)[C@@H]1Cc2cc(C(F)(F)F)ccc2N2CCCC[C@@H]12. The molecule has 0 aliphatic carbocycles. The summed E-state index contributed by atoms with van der Waals surface area (Å²) in [5.41, 5.74) is 1.32. The fourth-order valence-electron chi connectivity index (χ4n) is 4.49. The zero-order valence-electron chi connectivity index (χ0n) is 15.8. The molecule has 3 nitrogen and oxygen atoms in total. The quantitative estimate of drug-likeness (QED) is 0.750. The van der Waals surface area contributed by atoms with Gasteiger partial charge in [0.1, 0.15) is 5.82 Å². The summed E-state index contributed by atoms with van der Waals surface area (Å²) in [7, 11) is 0. The molecule has 1 amide bonds.